The molecule has 1 aromatic rings. The van der Waals surface area contributed by atoms with Crippen LogP contribution in [-0.4, -0.2) is 26.7 Å². The van der Waals surface area contributed by atoms with Crippen LogP contribution in [0.4, 0.5) is 11.4 Å². The second-order valence-corrected chi connectivity index (χ2v) is 2.37. The summed E-state index contributed by atoms with van der Waals surface area (Å²) in [7, 11) is 0. The summed E-state index contributed by atoms with van der Waals surface area (Å²) in [5.74, 6) is 0. The van der Waals surface area contributed by atoms with Gasteiger partial charge in [0.1, 0.15) is 0 Å². The Morgan fingerprint density at radius 2 is 2.25 bits per heavy atom. The van der Waals surface area contributed by atoms with E-state index in [4.69, 9.17) is 0 Å². The molecular weight excluding hydrogens is 219 g/mol. The van der Waals surface area contributed by atoms with Crippen LogP contribution < -0.4 is 5.32 Å². The molecule has 60 valence electrons. The summed E-state index contributed by atoms with van der Waals surface area (Å²) in [4.78, 5) is 14.0. The van der Waals surface area contributed by atoms with E-state index in [1.54, 1.807) is 12.1 Å². The number of hydrogen-bond acceptors (Lipinski definition) is 2. The number of aliphatic imine (C=N–C) groups is 1. The number of benzene rings is 1. The zero-order valence-electron chi connectivity index (χ0n) is 6.15. The van der Waals surface area contributed by atoms with Crippen LogP contribution in [-0.2, 0) is 4.79 Å². The van der Waals surface area contributed by atoms with Gasteiger partial charge in [0, 0.05) is 0 Å². The fourth-order valence-electron chi connectivity index (χ4n) is 0.806. The average molecular weight is 225 g/mol. The molecule has 0 aliphatic heterocycles. The molecule has 0 spiro atoms. The van der Waals surface area contributed by atoms with Crippen LogP contribution in [0.3, 0.4) is 0 Å². The van der Waals surface area contributed by atoms with Gasteiger partial charge in [0.15, 0.2) is 0 Å². The van der Waals surface area contributed by atoms with Crippen molar-refractivity contribution in [1.82, 2.24) is 0 Å². The topological polar surface area (TPSA) is 41.5 Å². The van der Waals surface area contributed by atoms with Gasteiger partial charge in [-0.3, -0.25) is 0 Å². The van der Waals surface area contributed by atoms with Crippen LogP contribution in [0.1, 0.15) is 0 Å². The van der Waals surface area contributed by atoms with Gasteiger partial charge in [-0.1, -0.05) is 0 Å². The van der Waals surface area contributed by atoms with Gasteiger partial charge in [0.05, 0.1) is 0 Å². The van der Waals surface area contributed by atoms with Gasteiger partial charge in [-0.05, 0) is 0 Å². The van der Waals surface area contributed by atoms with Crippen molar-refractivity contribution in [2.24, 2.45) is 4.99 Å². The summed E-state index contributed by atoms with van der Waals surface area (Å²) in [6.45, 7) is 0. The van der Waals surface area contributed by atoms with Crippen molar-refractivity contribution < 1.29 is 4.79 Å². The molecule has 0 bridgehead atoms. The molecule has 1 N–H and O–H groups in total. The molecule has 12 heavy (non-hydrogen) atoms. The number of para-hydroxylation sites is 2. The SMILES string of the molecule is O=CNc1ccccc1N=C=[Se]. The molecular formula is C8H6N2OSe. The Kier molecular flexibility index (Phi) is 3.42. The first kappa shape index (κ1) is 8.88. The van der Waals surface area contributed by atoms with E-state index in [1.165, 1.54) is 0 Å². The summed E-state index contributed by atoms with van der Waals surface area (Å²) < 4.78 is 2.53. The minimum atomic E-state index is 0.619. The molecule has 4 heteroatoms. The Bertz CT molecular complexity index is 332. The first-order valence-corrected chi connectivity index (χ1v) is 4.11. The predicted molar refractivity (Wildman–Crippen MR) is 49.0 cm³/mol. The molecule has 0 aromatic heterocycles. The van der Waals surface area contributed by atoms with Gasteiger partial charge in [-0.2, -0.15) is 0 Å². The zero-order valence-corrected chi connectivity index (χ0v) is 7.86. The summed E-state index contributed by atoms with van der Waals surface area (Å²) in [5, 5.41) is 2.53. The zero-order chi connectivity index (χ0) is 8.81. The Balaban J connectivity index is 3.07. The van der Waals surface area contributed by atoms with Crippen molar-refractivity contribution in [2.45, 2.75) is 0 Å². The first-order chi connectivity index (χ1) is 5.88. The Morgan fingerprint density at radius 1 is 1.50 bits per heavy atom. The third kappa shape index (κ3) is 2.14. The van der Waals surface area contributed by atoms with E-state index in [2.05, 4.69) is 30.6 Å². The number of carbonyl (C=O) groups excluding carboxylic acids is 1. The molecule has 0 atom stereocenters. The minimum absolute atomic E-state index is 0.619. The van der Waals surface area contributed by atoms with Crippen LogP contribution >= 0.6 is 0 Å². The number of hydrogen-bond donors (Lipinski definition) is 1. The van der Waals surface area contributed by atoms with E-state index in [1.807, 2.05) is 12.1 Å². The quantitative estimate of drug-likeness (QED) is 0.464. The predicted octanol–water partition coefficient (Wildman–Crippen LogP) is 0.960. The van der Waals surface area contributed by atoms with E-state index in [-0.39, 0.29) is 0 Å². The third-order valence-corrected chi connectivity index (χ3v) is 1.48. The second-order valence-electron chi connectivity index (χ2n) is 1.98. The molecule has 3 nitrogen and oxygen atoms in total. The summed E-state index contributed by atoms with van der Waals surface area (Å²) in [5.41, 5.74) is 1.36. The average Bonchev–Trinajstić information content (AvgIpc) is 2.09. The van der Waals surface area contributed by atoms with Crippen LogP contribution in [0.25, 0.3) is 0 Å². The van der Waals surface area contributed by atoms with Crippen molar-refractivity contribution in [3.63, 3.8) is 0 Å². The van der Waals surface area contributed by atoms with Crippen molar-refractivity contribution in [3.8, 4) is 0 Å². The number of nitrogens with zero attached hydrogens (tertiary/aromatic N) is 1. The summed E-state index contributed by atoms with van der Waals surface area (Å²) >= 11 is 2.53. The maximum atomic E-state index is 10.1. The van der Waals surface area contributed by atoms with Gasteiger partial charge in [-0.25, -0.2) is 0 Å². The van der Waals surface area contributed by atoms with E-state index >= 15 is 0 Å². The van der Waals surface area contributed by atoms with Crippen molar-refractivity contribution in [1.29, 1.82) is 0 Å². The number of rotatable bonds is 3. The summed E-state index contributed by atoms with van der Waals surface area (Å²) in [6, 6.07) is 7.22. The van der Waals surface area contributed by atoms with Gasteiger partial charge in [-0.15, -0.1) is 0 Å². The molecule has 1 aromatic carbocycles. The van der Waals surface area contributed by atoms with Crippen LogP contribution in [0.5, 0.6) is 0 Å². The fraction of sp³-hybridized carbons (Fsp3) is 0. The number of carbonyl (C=O) groups is 1. The molecule has 0 aliphatic rings. The van der Waals surface area contributed by atoms with Gasteiger partial charge < -0.3 is 0 Å². The van der Waals surface area contributed by atoms with E-state index in [0.29, 0.717) is 17.8 Å². The van der Waals surface area contributed by atoms with Gasteiger partial charge in [0.2, 0.25) is 0 Å². The molecule has 1 rings (SSSR count). The number of amides is 1. The second kappa shape index (κ2) is 4.62. The molecule has 0 fully saturated rings. The fourth-order valence-corrected chi connectivity index (χ4v) is 1.01. The molecule has 0 radical (unpaired) electrons. The van der Waals surface area contributed by atoms with Crippen LogP contribution in [0.2, 0.25) is 0 Å². The van der Waals surface area contributed by atoms with Crippen molar-refractivity contribution >= 4 is 38.1 Å². The Hall–Kier alpha value is -1.21. The molecule has 0 saturated carbocycles. The van der Waals surface area contributed by atoms with Crippen LogP contribution in [0, 0.1) is 0 Å². The first-order valence-electron chi connectivity index (χ1n) is 3.25. The third-order valence-electron chi connectivity index (χ3n) is 1.28. The van der Waals surface area contributed by atoms with Crippen molar-refractivity contribution in [3.05, 3.63) is 24.3 Å². The normalized spacial score (nSPS) is 8.33. The molecule has 0 unspecified atom stereocenters. The molecule has 0 heterocycles. The van der Waals surface area contributed by atoms with Gasteiger partial charge in [0.25, 0.3) is 0 Å². The monoisotopic (exact) mass is 226 g/mol. The van der Waals surface area contributed by atoms with Crippen LogP contribution in [0.15, 0.2) is 29.3 Å². The molecule has 1 amide bonds. The van der Waals surface area contributed by atoms with Gasteiger partial charge >= 0.3 is 77.4 Å². The van der Waals surface area contributed by atoms with E-state index in [9.17, 15) is 4.79 Å². The number of nitrogens with one attached hydrogen (secondary N) is 1. The standard InChI is InChI=1S/C8H6N2OSe/c11-5-9-7-3-1-2-4-8(7)10-6-12/h1-5H,(H,9,11). The maximum absolute atomic E-state index is 10.1. The van der Waals surface area contributed by atoms with E-state index in [0.717, 1.165) is 0 Å². The Labute approximate surface area is 77.9 Å². The van der Waals surface area contributed by atoms with E-state index < -0.39 is 0 Å². The molecule has 0 saturated heterocycles. The Morgan fingerprint density at radius 3 is 2.92 bits per heavy atom. The molecule has 0 aliphatic carbocycles. The van der Waals surface area contributed by atoms with Crippen molar-refractivity contribution in [2.75, 3.05) is 5.32 Å². The summed E-state index contributed by atoms with van der Waals surface area (Å²) in [6.07, 6.45) is 0.619. The number of anilines is 1.